The van der Waals surface area contributed by atoms with Crippen LogP contribution in [-0.4, -0.2) is 48.3 Å². The van der Waals surface area contributed by atoms with Gasteiger partial charge >= 0.3 is 6.09 Å². The lowest BCUT2D eigenvalue weighted by atomic mass is 9.57. The van der Waals surface area contributed by atoms with Gasteiger partial charge in [0.05, 0.1) is 23.0 Å². The largest absolute Gasteiger partial charge is 0.443 e. The molecule has 1 N–H and O–H groups in total. The first-order valence-corrected chi connectivity index (χ1v) is 14.3. The first-order chi connectivity index (χ1) is 18.2. The number of amides is 1. The van der Waals surface area contributed by atoms with Crippen LogP contribution in [0.25, 0.3) is 11.0 Å². The molecule has 4 aliphatic carbocycles. The van der Waals surface area contributed by atoms with Gasteiger partial charge in [-0.05, 0) is 83.6 Å². The van der Waals surface area contributed by atoms with Crippen LogP contribution in [0.5, 0.6) is 0 Å². The fraction of sp³-hybridized carbons (Fsp3) is 0.655. The maximum atomic E-state index is 12.5. The lowest BCUT2D eigenvalue weighted by Gasteiger charge is -2.53. The van der Waals surface area contributed by atoms with Crippen LogP contribution in [0.4, 0.5) is 10.5 Å². The molecule has 38 heavy (non-hydrogen) atoms. The molecule has 0 spiro atoms. The molecule has 3 aromatic rings. The van der Waals surface area contributed by atoms with Crippen LogP contribution < -0.4 is 10.2 Å². The van der Waals surface area contributed by atoms with Crippen LogP contribution in [0.1, 0.15) is 80.9 Å². The van der Waals surface area contributed by atoms with Crippen molar-refractivity contribution in [2.24, 2.45) is 12.5 Å². The van der Waals surface area contributed by atoms with E-state index in [1.165, 1.54) is 16.9 Å². The number of aromatic nitrogens is 5. The van der Waals surface area contributed by atoms with Gasteiger partial charge in [-0.3, -0.25) is 9.36 Å². The molecule has 1 amide bonds. The first-order valence-electron chi connectivity index (χ1n) is 14.3. The number of nitrogens with zero attached hydrogens (tertiary/aromatic N) is 6. The number of aryl methyl sites for hydroxylation is 3. The highest BCUT2D eigenvalue weighted by Crippen LogP contribution is 2.53. The van der Waals surface area contributed by atoms with Crippen LogP contribution in [0, 0.1) is 19.3 Å². The number of nitrogens with one attached hydrogen (secondary N) is 1. The first kappa shape index (κ1) is 24.0. The second kappa shape index (κ2) is 8.20. The summed E-state index contributed by atoms with van der Waals surface area (Å²) in [5, 5.41) is 14.0. The Morgan fingerprint density at radius 1 is 1.11 bits per heavy atom. The van der Waals surface area contributed by atoms with Gasteiger partial charge in [-0.25, -0.2) is 9.78 Å². The van der Waals surface area contributed by atoms with E-state index in [2.05, 4.69) is 39.9 Å². The number of carbonyl (C=O) groups excluding carboxylic acids is 1. The third-order valence-corrected chi connectivity index (χ3v) is 10.0. The van der Waals surface area contributed by atoms with Gasteiger partial charge in [-0.2, -0.15) is 10.2 Å². The summed E-state index contributed by atoms with van der Waals surface area (Å²) in [5.41, 5.74) is 7.08. The SMILES string of the molecule is Cc1cc(N2CCc3c(c(C)nn3CC34CCC(NC(=O)OC5(C)CC5)(CC3)CC4)C2)c2cnn(C)c2n1. The van der Waals surface area contributed by atoms with Gasteiger partial charge in [0, 0.05) is 55.6 Å². The molecule has 202 valence electrons. The zero-order valence-corrected chi connectivity index (χ0v) is 23.1. The Balaban J connectivity index is 1.06. The third kappa shape index (κ3) is 3.96. The maximum Gasteiger partial charge on any atom is 0.408 e. The molecule has 0 radical (unpaired) electrons. The van der Waals surface area contributed by atoms with E-state index in [9.17, 15) is 4.79 Å². The molecule has 3 aromatic heterocycles. The van der Waals surface area contributed by atoms with E-state index < -0.39 is 0 Å². The van der Waals surface area contributed by atoms with Gasteiger partial charge in [0.15, 0.2) is 5.65 Å². The predicted molar refractivity (Wildman–Crippen MR) is 145 cm³/mol. The molecule has 4 saturated carbocycles. The summed E-state index contributed by atoms with van der Waals surface area (Å²) >= 11 is 0. The average Bonchev–Trinajstić information content (AvgIpc) is 3.38. The fourth-order valence-electron chi connectivity index (χ4n) is 7.23. The highest BCUT2D eigenvalue weighted by Gasteiger charge is 2.51. The number of hydrogen-bond donors (Lipinski definition) is 1. The van der Waals surface area contributed by atoms with Crippen molar-refractivity contribution in [1.82, 2.24) is 29.9 Å². The quantitative estimate of drug-likeness (QED) is 0.527. The second-order valence-electron chi connectivity index (χ2n) is 12.9. The summed E-state index contributed by atoms with van der Waals surface area (Å²) in [6.45, 7) is 9.07. The summed E-state index contributed by atoms with van der Waals surface area (Å²) < 4.78 is 9.88. The monoisotopic (exact) mass is 517 g/mol. The number of alkyl carbamates (subject to hydrolysis) is 1. The summed E-state index contributed by atoms with van der Waals surface area (Å²) in [6, 6.07) is 2.19. The predicted octanol–water partition coefficient (Wildman–Crippen LogP) is 4.72. The normalized spacial score (nSPS) is 27.4. The molecule has 0 atom stereocenters. The van der Waals surface area contributed by atoms with E-state index >= 15 is 0 Å². The number of fused-ring (bicyclic) bond motifs is 5. The van der Waals surface area contributed by atoms with Crippen LogP contribution in [0.2, 0.25) is 0 Å². The second-order valence-corrected chi connectivity index (χ2v) is 12.9. The molecule has 5 aliphatic rings. The molecule has 4 heterocycles. The van der Waals surface area contributed by atoms with Crippen molar-refractivity contribution >= 4 is 22.8 Å². The van der Waals surface area contributed by atoms with Gasteiger partial charge in [-0.15, -0.1) is 0 Å². The standard InChI is InChI=1S/C29H39N7O2/c1-19-15-24(21-16-30-34(4)25(21)31-19)35-14-5-23-22(17-35)20(2)33-36(23)18-28-8-11-29(12-9-28,13-10-28)32-26(37)38-27(3)6-7-27/h15-16H,5-14,17-18H2,1-4H3,(H,32,37). The lowest BCUT2D eigenvalue weighted by molar-refractivity contribution is 0.00157. The minimum absolute atomic E-state index is 0.0790. The van der Waals surface area contributed by atoms with Crippen molar-refractivity contribution in [3.05, 3.63) is 34.9 Å². The number of rotatable bonds is 5. The van der Waals surface area contributed by atoms with Crippen molar-refractivity contribution in [3.8, 4) is 0 Å². The zero-order valence-electron chi connectivity index (χ0n) is 23.1. The number of hydrogen-bond acceptors (Lipinski definition) is 6. The average molecular weight is 518 g/mol. The minimum Gasteiger partial charge on any atom is -0.443 e. The van der Waals surface area contributed by atoms with E-state index in [4.69, 9.17) is 14.8 Å². The molecule has 2 bridgehead atoms. The van der Waals surface area contributed by atoms with E-state index in [1.54, 1.807) is 0 Å². The highest BCUT2D eigenvalue weighted by molar-refractivity contribution is 5.89. The van der Waals surface area contributed by atoms with Crippen molar-refractivity contribution in [1.29, 1.82) is 0 Å². The van der Waals surface area contributed by atoms with Crippen molar-refractivity contribution < 1.29 is 9.53 Å². The molecule has 0 aromatic carbocycles. The number of ether oxygens (including phenoxy) is 1. The Morgan fingerprint density at radius 3 is 2.55 bits per heavy atom. The van der Waals surface area contributed by atoms with Gasteiger partial charge in [0.25, 0.3) is 0 Å². The Bertz CT molecular complexity index is 1410. The summed E-state index contributed by atoms with van der Waals surface area (Å²) in [6.07, 6.45) is 11.2. The van der Waals surface area contributed by atoms with Gasteiger partial charge in [0.2, 0.25) is 0 Å². The maximum absolute atomic E-state index is 12.5. The van der Waals surface area contributed by atoms with Crippen molar-refractivity contribution in [2.75, 3.05) is 11.4 Å². The lowest BCUT2D eigenvalue weighted by Crippen LogP contribution is -2.57. The van der Waals surface area contributed by atoms with Crippen LogP contribution in [0.3, 0.4) is 0 Å². The molecule has 0 saturated heterocycles. The van der Waals surface area contributed by atoms with E-state index in [-0.39, 0.29) is 22.6 Å². The molecule has 1 aliphatic heterocycles. The van der Waals surface area contributed by atoms with Gasteiger partial charge in [0.1, 0.15) is 5.60 Å². The van der Waals surface area contributed by atoms with Crippen molar-refractivity contribution in [3.63, 3.8) is 0 Å². The smallest absolute Gasteiger partial charge is 0.408 e. The Hall–Kier alpha value is -3.10. The third-order valence-electron chi connectivity index (χ3n) is 10.0. The molecule has 9 heteroatoms. The van der Waals surface area contributed by atoms with Gasteiger partial charge < -0.3 is 15.0 Å². The van der Waals surface area contributed by atoms with E-state index in [0.29, 0.717) is 0 Å². The van der Waals surface area contributed by atoms with Crippen LogP contribution in [0.15, 0.2) is 12.3 Å². The molecule has 8 rings (SSSR count). The summed E-state index contributed by atoms with van der Waals surface area (Å²) in [4.78, 5) is 19.7. The van der Waals surface area contributed by atoms with Crippen LogP contribution in [-0.2, 0) is 31.3 Å². The molecular formula is C29H39N7O2. The van der Waals surface area contributed by atoms with E-state index in [1.807, 2.05) is 24.9 Å². The fourth-order valence-corrected chi connectivity index (χ4v) is 7.23. The Kier molecular flexibility index (Phi) is 5.17. The molecule has 4 fully saturated rings. The number of anilines is 1. The molecule has 9 nitrogen and oxygen atoms in total. The van der Waals surface area contributed by atoms with Crippen LogP contribution >= 0.6 is 0 Å². The van der Waals surface area contributed by atoms with Gasteiger partial charge in [-0.1, -0.05) is 0 Å². The highest BCUT2D eigenvalue weighted by atomic mass is 16.6. The Labute approximate surface area is 223 Å². The number of carbonyl (C=O) groups is 1. The zero-order chi connectivity index (χ0) is 26.3. The molecule has 0 unspecified atom stereocenters. The van der Waals surface area contributed by atoms with E-state index in [0.717, 1.165) is 99.8 Å². The minimum atomic E-state index is -0.222. The number of pyridine rings is 1. The molecular weight excluding hydrogens is 478 g/mol. The Morgan fingerprint density at radius 2 is 1.84 bits per heavy atom. The topological polar surface area (TPSA) is 90.1 Å². The summed E-state index contributed by atoms with van der Waals surface area (Å²) in [5.74, 6) is 0. The summed E-state index contributed by atoms with van der Waals surface area (Å²) in [7, 11) is 1.96. The van der Waals surface area contributed by atoms with Crippen molar-refractivity contribution in [2.45, 2.75) is 103 Å².